The van der Waals surface area contributed by atoms with Crippen LogP contribution in [0.1, 0.15) is 252 Å². The first-order chi connectivity index (χ1) is 30.0. The summed E-state index contributed by atoms with van der Waals surface area (Å²) in [5.74, 6) is -0.927. The van der Waals surface area contributed by atoms with Crippen molar-refractivity contribution < 1.29 is 28.6 Å². The standard InChI is InChI=1S/C55H96O6/c1-4-7-10-13-16-19-22-24-26-27-29-31-34-37-40-43-46-49-55(58)61-52(50-59-53(56)47-44-41-38-35-32-21-18-15-12-9-6-3)51-60-54(57)48-45-42-39-36-33-30-28-25-23-20-17-14-11-8-5-2/h15-16,18-19,24-26,28-29,31,52H,4-14,17,20-23,27,30,32-51H2,1-3H3/b18-15-,19-16-,26-24-,28-25-,31-29-/t52-/m0/s1. The third-order valence-electron chi connectivity index (χ3n) is 11.0. The number of hydrogen-bond donors (Lipinski definition) is 0. The van der Waals surface area contributed by atoms with Crippen molar-refractivity contribution in [3.8, 4) is 0 Å². The summed E-state index contributed by atoms with van der Waals surface area (Å²) in [5.41, 5.74) is 0. The molecular weight excluding hydrogens is 757 g/mol. The van der Waals surface area contributed by atoms with Gasteiger partial charge in [0.25, 0.3) is 0 Å². The average molecular weight is 853 g/mol. The Bertz CT molecular complexity index is 1120. The molecule has 6 heteroatoms. The Morgan fingerprint density at radius 2 is 0.607 bits per heavy atom. The van der Waals surface area contributed by atoms with Crippen LogP contribution in [0.2, 0.25) is 0 Å². The molecule has 0 heterocycles. The Morgan fingerprint density at radius 1 is 0.328 bits per heavy atom. The zero-order valence-corrected chi connectivity index (χ0v) is 40.2. The molecule has 0 radical (unpaired) electrons. The lowest BCUT2D eigenvalue weighted by Crippen LogP contribution is -2.30. The van der Waals surface area contributed by atoms with Crippen LogP contribution >= 0.6 is 0 Å². The van der Waals surface area contributed by atoms with Crippen LogP contribution in [0.5, 0.6) is 0 Å². The molecule has 0 spiro atoms. The lowest BCUT2D eigenvalue weighted by molar-refractivity contribution is -0.167. The summed E-state index contributed by atoms with van der Waals surface area (Å²) in [7, 11) is 0. The molecule has 0 bridgehead atoms. The van der Waals surface area contributed by atoms with Crippen molar-refractivity contribution in [2.75, 3.05) is 13.2 Å². The maximum absolute atomic E-state index is 12.8. The van der Waals surface area contributed by atoms with Crippen LogP contribution < -0.4 is 0 Å². The first-order valence-electron chi connectivity index (χ1n) is 25.8. The topological polar surface area (TPSA) is 78.9 Å². The van der Waals surface area contributed by atoms with Gasteiger partial charge in [-0.1, -0.05) is 191 Å². The monoisotopic (exact) mass is 853 g/mol. The van der Waals surface area contributed by atoms with Crippen molar-refractivity contribution in [3.05, 3.63) is 60.8 Å². The van der Waals surface area contributed by atoms with E-state index in [1.807, 2.05) is 0 Å². The van der Waals surface area contributed by atoms with Gasteiger partial charge in [0.05, 0.1) is 0 Å². The maximum Gasteiger partial charge on any atom is 0.306 e. The van der Waals surface area contributed by atoms with Gasteiger partial charge in [-0.2, -0.15) is 0 Å². The fourth-order valence-electron chi connectivity index (χ4n) is 7.01. The lowest BCUT2D eigenvalue weighted by atomic mass is 10.1. The summed E-state index contributed by atoms with van der Waals surface area (Å²) in [6, 6.07) is 0. The van der Waals surface area contributed by atoms with E-state index in [9.17, 15) is 14.4 Å². The minimum absolute atomic E-state index is 0.0902. The number of hydrogen-bond acceptors (Lipinski definition) is 6. The first-order valence-corrected chi connectivity index (χ1v) is 25.8. The van der Waals surface area contributed by atoms with Crippen LogP contribution in [-0.2, 0) is 28.6 Å². The minimum Gasteiger partial charge on any atom is -0.462 e. The Hall–Kier alpha value is -2.89. The molecular formula is C55H96O6. The molecule has 1 atom stereocenters. The summed E-state index contributed by atoms with van der Waals surface area (Å²) in [5, 5.41) is 0. The molecule has 0 aliphatic carbocycles. The third-order valence-corrected chi connectivity index (χ3v) is 11.0. The number of allylic oxidation sites excluding steroid dienone is 10. The molecule has 0 amide bonds. The molecule has 0 fully saturated rings. The lowest BCUT2D eigenvalue weighted by Gasteiger charge is -2.18. The van der Waals surface area contributed by atoms with E-state index < -0.39 is 6.10 Å². The molecule has 0 aromatic carbocycles. The minimum atomic E-state index is -0.791. The second-order valence-corrected chi connectivity index (χ2v) is 17.1. The predicted octanol–water partition coefficient (Wildman–Crippen LogP) is 16.9. The summed E-state index contributed by atoms with van der Waals surface area (Å²) in [4.78, 5) is 37.9. The number of unbranched alkanes of at least 4 members (excludes halogenated alkanes) is 25. The van der Waals surface area contributed by atoms with Crippen molar-refractivity contribution in [1.82, 2.24) is 0 Å². The molecule has 0 aromatic heterocycles. The van der Waals surface area contributed by atoms with E-state index in [0.717, 1.165) is 96.3 Å². The van der Waals surface area contributed by atoms with E-state index in [0.29, 0.717) is 19.3 Å². The molecule has 0 rings (SSSR count). The molecule has 61 heavy (non-hydrogen) atoms. The number of rotatable bonds is 46. The smallest absolute Gasteiger partial charge is 0.306 e. The average Bonchev–Trinajstić information content (AvgIpc) is 3.26. The molecule has 0 N–H and O–H groups in total. The van der Waals surface area contributed by atoms with Crippen molar-refractivity contribution in [2.45, 2.75) is 258 Å². The normalized spacial score (nSPS) is 12.5. The highest BCUT2D eigenvalue weighted by Gasteiger charge is 2.19. The van der Waals surface area contributed by atoms with E-state index in [4.69, 9.17) is 14.2 Å². The maximum atomic E-state index is 12.8. The second-order valence-electron chi connectivity index (χ2n) is 17.1. The van der Waals surface area contributed by atoms with Crippen molar-refractivity contribution >= 4 is 17.9 Å². The number of carbonyl (C=O) groups is 3. The van der Waals surface area contributed by atoms with E-state index >= 15 is 0 Å². The highest BCUT2D eigenvalue weighted by Crippen LogP contribution is 2.13. The molecule has 0 aromatic rings. The van der Waals surface area contributed by atoms with Crippen molar-refractivity contribution in [2.24, 2.45) is 0 Å². The predicted molar refractivity (Wildman–Crippen MR) is 261 cm³/mol. The molecule has 0 saturated carbocycles. The molecule has 352 valence electrons. The highest BCUT2D eigenvalue weighted by atomic mass is 16.6. The summed E-state index contributed by atoms with van der Waals surface area (Å²) >= 11 is 0. The van der Waals surface area contributed by atoms with Gasteiger partial charge in [-0.25, -0.2) is 0 Å². The zero-order valence-electron chi connectivity index (χ0n) is 40.2. The van der Waals surface area contributed by atoms with E-state index in [1.54, 1.807) is 0 Å². The van der Waals surface area contributed by atoms with Gasteiger partial charge in [0.15, 0.2) is 6.10 Å². The van der Waals surface area contributed by atoms with Crippen LogP contribution in [0.25, 0.3) is 0 Å². The summed E-state index contributed by atoms with van der Waals surface area (Å²) < 4.78 is 16.8. The van der Waals surface area contributed by atoms with Gasteiger partial charge in [0, 0.05) is 19.3 Å². The number of carbonyl (C=O) groups excluding carboxylic acids is 3. The fourth-order valence-corrected chi connectivity index (χ4v) is 7.01. The van der Waals surface area contributed by atoms with E-state index in [-0.39, 0.29) is 31.1 Å². The second kappa shape index (κ2) is 49.8. The van der Waals surface area contributed by atoms with Gasteiger partial charge in [-0.15, -0.1) is 0 Å². The quantitative estimate of drug-likeness (QED) is 0.0263. The molecule has 0 aliphatic heterocycles. The molecule has 0 aliphatic rings. The number of ether oxygens (including phenoxy) is 3. The van der Waals surface area contributed by atoms with Crippen molar-refractivity contribution in [3.63, 3.8) is 0 Å². The van der Waals surface area contributed by atoms with Crippen LogP contribution in [-0.4, -0.2) is 37.2 Å². The Kier molecular flexibility index (Phi) is 47.4. The largest absolute Gasteiger partial charge is 0.462 e. The van der Waals surface area contributed by atoms with Gasteiger partial charge in [0.1, 0.15) is 13.2 Å². The molecule has 6 nitrogen and oxygen atoms in total. The number of esters is 3. The van der Waals surface area contributed by atoms with Gasteiger partial charge in [-0.05, 0) is 103 Å². The fraction of sp³-hybridized carbons (Fsp3) is 0.764. The van der Waals surface area contributed by atoms with Gasteiger partial charge in [0.2, 0.25) is 0 Å². The van der Waals surface area contributed by atoms with Gasteiger partial charge < -0.3 is 14.2 Å². The van der Waals surface area contributed by atoms with Gasteiger partial charge in [-0.3, -0.25) is 14.4 Å². The van der Waals surface area contributed by atoms with Crippen molar-refractivity contribution in [1.29, 1.82) is 0 Å². The van der Waals surface area contributed by atoms with Gasteiger partial charge >= 0.3 is 17.9 Å². The summed E-state index contributed by atoms with van der Waals surface area (Å²) in [6.07, 6.45) is 60.6. The van der Waals surface area contributed by atoms with Crippen LogP contribution in [0.15, 0.2) is 60.8 Å². The van der Waals surface area contributed by atoms with Crippen LogP contribution in [0.4, 0.5) is 0 Å². The van der Waals surface area contributed by atoms with E-state index in [2.05, 4.69) is 81.5 Å². The van der Waals surface area contributed by atoms with Crippen LogP contribution in [0.3, 0.4) is 0 Å². The van der Waals surface area contributed by atoms with E-state index in [1.165, 1.54) is 116 Å². The Morgan fingerprint density at radius 3 is 1.02 bits per heavy atom. The SMILES string of the molecule is CCCC/C=C\CCCCCCCC(=O)OC[C@@H](COC(=O)CCCCCCC/C=C\CCCCCCCC)OC(=O)CCCCCC/C=C\C/C=C\C/C=C\CCCCC. The molecule has 0 saturated heterocycles. The third kappa shape index (κ3) is 48.0. The van der Waals surface area contributed by atoms with Crippen LogP contribution in [0, 0.1) is 0 Å². The Labute approximate surface area is 377 Å². The summed E-state index contributed by atoms with van der Waals surface area (Å²) in [6.45, 7) is 6.53. The molecule has 0 unspecified atom stereocenters. The Balaban J connectivity index is 4.43. The highest BCUT2D eigenvalue weighted by molar-refractivity contribution is 5.71. The zero-order chi connectivity index (χ0) is 44.4. The first kappa shape index (κ1) is 58.1.